The number of hydrogen-bond donors (Lipinski definition) is 1. The SMILES string of the molecule is Cc1cscc1CNCC1OCCc2ccccc21. The third kappa shape index (κ3) is 2.89. The lowest BCUT2D eigenvalue weighted by Gasteiger charge is -2.26. The number of benzene rings is 1. The van der Waals surface area contributed by atoms with E-state index in [4.69, 9.17) is 4.74 Å². The largest absolute Gasteiger partial charge is 0.372 e. The second-order valence-corrected chi connectivity index (χ2v) is 5.76. The van der Waals surface area contributed by atoms with Crippen LogP contribution in [0.2, 0.25) is 0 Å². The van der Waals surface area contributed by atoms with Crippen molar-refractivity contribution in [1.29, 1.82) is 0 Å². The van der Waals surface area contributed by atoms with Crippen LogP contribution in [-0.4, -0.2) is 13.2 Å². The molecule has 19 heavy (non-hydrogen) atoms. The Labute approximate surface area is 118 Å². The first-order valence-electron chi connectivity index (χ1n) is 6.76. The minimum atomic E-state index is 0.198. The Hall–Kier alpha value is -1.16. The number of fused-ring (bicyclic) bond motifs is 1. The minimum absolute atomic E-state index is 0.198. The fourth-order valence-corrected chi connectivity index (χ4v) is 3.41. The molecule has 1 N–H and O–H groups in total. The summed E-state index contributed by atoms with van der Waals surface area (Å²) in [4.78, 5) is 0. The summed E-state index contributed by atoms with van der Waals surface area (Å²) in [5.74, 6) is 0. The van der Waals surface area contributed by atoms with Crippen molar-refractivity contribution in [2.24, 2.45) is 0 Å². The number of nitrogens with one attached hydrogen (secondary N) is 1. The molecule has 0 fully saturated rings. The van der Waals surface area contributed by atoms with Crippen LogP contribution in [0.15, 0.2) is 35.0 Å². The smallest absolute Gasteiger partial charge is 0.0952 e. The van der Waals surface area contributed by atoms with Gasteiger partial charge in [-0.25, -0.2) is 0 Å². The van der Waals surface area contributed by atoms with Crippen LogP contribution in [0.5, 0.6) is 0 Å². The van der Waals surface area contributed by atoms with Gasteiger partial charge in [0.2, 0.25) is 0 Å². The van der Waals surface area contributed by atoms with E-state index in [2.05, 4.69) is 47.3 Å². The van der Waals surface area contributed by atoms with E-state index in [1.165, 1.54) is 22.3 Å². The van der Waals surface area contributed by atoms with Crippen molar-refractivity contribution in [3.05, 3.63) is 57.3 Å². The molecule has 3 rings (SSSR count). The number of hydrogen-bond acceptors (Lipinski definition) is 3. The summed E-state index contributed by atoms with van der Waals surface area (Å²) in [5.41, 5.74) is 5.56. The monoisotopic (exact) mass is 273 g/mol. The predicted molar refractivity (Wildman–Crippen MR) is 79.6 cm³/mol. The number of aryl methyl sites for hydroxylation is 1. The first-order chi connectivity index (χ1) is 9.34. The predicted octanol–water partition coefficient (Wildman–Crippen LogP) is 3.46. The summed E-state index contributed by atoms with van der Waals surface area (Å²) in [7, 11) is 0. The lowest BCUT2D eigenvalue weighted by atomic mass is 9.97. The standard InChI is InChI=1S/C16H19NOS/c1-12-10-19-11-14(12)8-17-9-16-15-5-3-2-4-13(15)6-7-18-16/h2-5,10-11,16-17H,6-9H2,1H3. The Balaban J connectivity index is 1.61. The van der Waals surface area contributed by atoms with Crippen molar-refractivity contribution < 1.29 is 4.74 Å². The molecule has 0 aliphatic carbocycles. The summed E-state index contributed by atoms with van der Waals surface area (Å²) < 4.78 is 5.89. The Kier molecular flexibility index (Phi) is 3.97. The Bertz CT molecular complexity index is 549. The highest BCUT2D eigenvalue weighted by Crippen LogP contribution is 2.26. The van der Waals surface area contributed by atoms with Crippen LogP contribution >= 0.6 is 11.3 Å². The molecule has 2 heterocycles. The fraction of sp³-hybridized carbons (Fsp3) is 0.375. The van der Waals surface area contributed by atoms with Gasteiger partial charge in [-0.05, 0) is 46.4 Å². The highest BCUT2D eigenvalue weighted by molar-refractivity contribution is 7.08. The van der Waals surface area contributed by atoms with E-state index in [0.29, 0.717) is 0 Å². The van der Waals surface area contributed by atoms with Gasteiger partial charge in [-0.3, -0.25) is 0 Å². The van der Waals surface area contributed by atoms with Crippen LogP contribution in [0.3, 0.4) is 0 Å². The van der Waals surface area contributed by atoms with Crippen molar-refractivity contribution in [1.82, 2.24) is 5.32 Å². The van der Waals surface area contributed by atoms with Gasteiger partial charge in [0.15, 0.2) is 0 Å². The first kappa shape index (κ1) is 12.9. The quantitative estimate of drug-likeness (QED) is 0.921. The number of rotatable bonds is 4. The van der Waals surface area contributed by atoms with Crippen molar-refractivity contribution in [2.75, 3.05) is 13.2 Å². The van der Waals surface area contributed by atoms with E-state index in [9.17, 15) is 0 Å². The summed E-state index contributed by atoms with van der Waals surface area (Å²) >= 11 is 1.77. The van der Waals surface area contributed by atoms with Crippen molar-refractivity contribution in [2.45, 2.75) is 26.0 Å². The van der Waals surface area contributed by atoms with E-state index < -0.39 is 0 Å². The molecular weight excluding hydrogens is 254 g/mol. The molecule has 1 aliphatic rings. The van der Waals surface area contributed by atoms with Crippen LogP contribution in [0, 0.1) is 6.92 Å². The van der Waals surface area contributed by atoms with Crippen LogP contribution < -0.4 is 5.32 Å². The summed E-state index contributed by atoms with van der Waals surface area (Å²) in [6.45, 7) is 4.81. The molecule has 0 amide bonds. The summed E-state index contributed by atoms with van der Waals surface area (Å²) in [6, 6.07) is 8.62. The molecule has 0 bridgehead atoms. The van der Waals surface area contributed by atoms with Crippen LogP contribution in [0.4, 0.5) is 0 Å². The zero-order valence-electron chi connectivity index (χ0n) is 11.2. The highest BCUT2D eigenvalue weighted by Gasteiger charge is 2.19. The maximum Gasteiger partial charge on any atom is 0.0952 e. The topological polar surface area (TPSA) is 21.3 Å². The Morgan fingerprint density at radius 2 is 2.21 bits per heavy atom. The molecule has 1 aliphatic heterocycles. The fourth-order valence-electron chi connectivity index (χ4n) is 2.55. The van der Waals surface area contributed by atoms with Crippen LogP contribution in [-0.2, 0) is 17.7 Å². The third-order valence-electron chi connectivity index (χ3n) is 3.70. The molecule has 3 heteroatoms. The van der Waals surface area contributed by atoms with E-state index in [-0.39, 0.29) is 6.10 Å². The third-order valence-corrected chi connectivity index (χ3v) is 4.61. The average molecular weight is 273 g/mol. The second-order valence-electron chi connectivity index (χ2n) is 5.02. The summed E-state index contributed by atoms with van der Waals surface area (Å²) in [6.07, 6.45) is 1.24. The summed E-state index contributed by atoms with van der Waals surface area (Å²) in [5, 5.41) is 7.94. The Morgan fingerprint density at radius 1 is 1.32 bits per heavy atom. The van der Waals surface area contributed by atoms with Gasteiger partial charge in [0.05, 0.1) is 12.7 Å². The van der Waals surface area contributed by atoms with Gasteiger partial charge in [0.1, 0.15) is 0 Å². The van der Waals surface area contributed by atoms with Crippen molar-refractivity contribution >= 4 is 11.3 Å². The molecule has 2 nitrogen and oxygen atoms in total. The Morgan fingerprint density at radius 3 is 3.05 bits per heavy atom. The first-order valence-corrected chi connectivity index (χ1v) is 7.70. The molecule has 0 spiro atoms. The molecule has 0 radical (unpaired) electrons. The lowest BCUT2D eigenvalue weighted by molar-refractivity contribution is 0.0423. The van der Waals surface area contributed by atoms with Gasteiger partial charge in [0, 0.05) is 13.1 Å². The maximum atomic E-state index is 5.89. The minimum Gasteiger partial charge on any atom is -0.372 e. The van der Waals surface area contributed by atoms with Gasteiger partial charge >= 0.3 is 0 Å². The second kappa shape index (κ2) is 5.87. The number of ether oxygens (including phenoxy) is 1. The molecule has 1 unspecified atom stereocenters. The van der Waals surface area contributed by atoms with E-state index >= 15 is 0 Å². The zero-order valence-corrected chi connectivity index (χ0v) is 12.0. The zero-order chi connectivity index (χ0) is 13.1. The lowest BCUT2D eigenvalue weighted by Crippen LogP contribution is -2.27. The van der Waals surface area contributed by atoms with Gasteiger partial charge in [-0.15, -0.1) is 0 Å². The molecule has 1 aromatic carbocycles. The van der Waals surface area contributed by atoms with Gasteiger partial charge in [-0.2, -0.15) is 11.3 Å². The number of thiophene rings is 1. The van der Waals surface area contributed by atoms with Gasteiger partial charge < -0.3 is 10.1 Å². The van der Waals surface area contributed by atoms with E-state index in [1.807, 2.05) is 0 Å². The maximum absolute atomic E-state index is 5.89. The molecule has 100 valence electrons. The molecule has 0 saturated heterocycles. The molecule has 1 atom stereocenters. The highest BCUT2D eigenvalue weighted by atomic mass is 32.1. The normalized spacial score (nSPS) is 18.3. The van der Waals surface area contributed by atoms with Crippen molar-refractivity contribution in [3.63, 3.8) is 0 Å². The van der Waals surface area contributed by atoms with Crippen molar-refractivity contribution in [3.8, 4) is 0 Å². The average Bonchev–Trinajstić information content (AvgIpc) is 2.85. The van der Waals surface area contributed by atoms with Crippen LogP contribution in [0.25, 0.3) is 0 Å². The van der Waals surface area contributed by atoms with E-state index in [1.54, 1.807) is 11.3 Å². The molecule has 2 aromatic rings. The van der Waals surface area contributed by atoms with Gasteiger partial charge in [-0.1, -0.05) is 24.3 Å². The van der Waals surface area contributed by atoms with Crippen LogP contribution in [0.1, 0.15) is 28.4 Å². The molecule has 1 aromatic heterocycles. The van der Waals surface area contributed by atoms with Gasteiger partial charge in [0.25, 0.3) is 0 Å². The molecular formula is C16H19NOS. The van der Waals surface area contributed by atoms with E-state index in [0.717, 1.165) is 26.1 Å². The molecule has 0 saturated carbocycles.